The lowest BCUT2D eigenvalue weighted by Gasteiger charge is -2.18. The summed E-state index contributed by atoms with van der Waals surface area (Å²) in [6.45, 7) is 6.47. The Hall–Kier alpha value is -3.93. The van der Waals surface area contributed by atoms with Gasteiger partial charge in [-0.25, -0.2) is 0 Å². The van der Waals surface area contributed by atoms with Gasteiger partial charge in [0.2, 0.25) is 0 Å². The molecule has 0 N–H and O–H groups in total. The van der Waals surface area contributed by atoms with Gasteiger partial charge in [0.25, 0.3) is 0 Å². The second-order valence-corrected chi connectivity index (χ2v) is 22.4. The van der Waals surface area contributed by atoms with Crippen LogP contribution in [-0.4, -0.2) is 37.2 Å². The number of esters is 3. The van der Waals surface area contributed by atoms with Crippen LogP contribution >= 0.6 is 0 Å². The maximum atomic E-state index is 12.8. The Bertz CT molecular complexity index is 1610. The molecule has 0 aliphatic heterocycles. The summed E-state index contributed by atoms with van der Waals surface area (Å²) < 4.78 is 16.8. The zero-order valence-electron chi connectivity index (χ0n) is 52.6. The Morgan fingerprint density at radius 3 is 0.762 bits per heavy atom. The van der Waals surface area contributed by atoms with Crippen molar-refractivity contribution in [3.8, 4) is 0 Å². The lowest BCUT2D eigenvalue weighted by molar-refractivity contribution is -0.167. The van der Waals surface area contributed by atoms with E-state index in [1.54, 1.807) is 0 Å². The summed E-state index contributed by atoms with van der Waals surface area (Å²) in [4.78, 5) is 38.0. The van der Waals surface area contributed by atoms with Crippen molar-refractivity contribution in [1.29, 1.82) is 0 Å². The molecule has 0 rings (SSSR count). The molecule has 0 aliphatic carbocycles. The number of hydrogen-bond acceptors (Lipinski definition) is 6. The van der Waals surface area contributed by atoms with Crippen LogP contribution in [0.1, 0.15) is 323 Å². The molecule has 80 heavy (non-hydrogen) atoms. The van der Waals surface area contributed by atoms with Crippen molar-refractivity contribution >= 4 is 17.9 Å². The first kappa shape index (κ1) is 76.1. The predicted octanol–water partition coefficient (Wildman–Crippen LogP) is 23.4. The summed E-state index contributed by atoms with van der Waals surface area (Å²) >= 11 is 0. The van der Waals surface area contributed by atoms with E-state index in [9.17, 15) is 14.4 Å². The van der Waals surface area contributed by atoms with Gasteiger partial charge < -0.3 is 14.2 Å². The fourth-order valence-corrected chi connectivity index (χ4v) is 9.45. The Balaban J connectivity index is 4.03. The van der Waals surface area contributed by atoms with Crippen LogP contribution in [-0.2, 0) is 28.6 Å². The highest BCUT2D eigenvalue weighted by Crippen LogP contribution is 2.17. The van der Waals surface area contributed by atoms with Gasteiger partial charge in [-0.15, -0.1) is 0 Å². The van der Waals surface area contributed by atoms with E-state index in [2.05, 4.69) is 130 Å². The SMILES string of the molecule is CC/C=C\C/C=C\C/C=C\C/C=C\C/C=C\C/C=C\CCCCCCCCCCCCCCCCCCC(=O)OCC(COC(=O)CCCCCCCC)OC(=O)CCCCCCCC/C=C\C/C=C\C/C=C\CCCCCCC. The van der Waals surface area contributed by atoms with E-state index < -0.39 is 6.10 Å². The summed E-state index contributed by atoms with van der Waals surface area (Å²) in [6, 6.07) is 0. The molecule has 0 saturated heterocycles. The number of carbonyl (C=O) groups is 3. The van der Waals surface area contributed by atoms with Crippen LogP contribution in [0.2, 0.25) is 0 Å². The highest BCUT2D eigenvalue weighted by atomic mass is 16.6. The van der Waals surface area contributed by atoms with Crippen LogP contribution in [0, 0.1) is 0 Å². The molecule has 0 spiro atoms. The van der Waals surface area contributed by atoms with E-state index >= 15 is 0 Å². The lowest BCUT2D eigenvalue weighted by atomic mass is 10.0. The van der Waals surface area contributed by atoms with E-state index in [-0.39, 0.29) is 31.1 Å². The number of carbonyl (C=O) groups excluding carboxylic acids is 3. The molecular formula is C74H126O6. The lowest BCUT2D eigenvalue weighted by Crippen LogP contribution is -2.30. The normalized spacial score (nSPS) is 12.8. The molecule has 1 atom stereocenters. The number of rotatable bonds is 61. The van der Waals surface area contributed by atoms with E-state index in [4.69, 9.17) is 14.2 Å². The summed E-state index contributed by atoms with van der Waals surface area (Å²) in [5.41, 5.74) is 0. The van der Waals surface area contributed by atoms with E-state index in [1.165, 1.54) is 161 Å². The van der Waals surface area contributed by atoms with E-state index in [0.717, 1.165) is 122 Å². The van der Waals surface area contributed by atoms with Gasteiger partial charge in [-0.05, 0) is 109 Å². The molecule has 1 unspecified atom stereocenters. The third-order valence-corrected chi connectivity index (χ3v) is 14.5. The van der Waals surface area contributed by atoms with Crippen LogP contribution in [0.3, 0.4) is 0 Å². The van der Waals surface area contributed by atoms with Crippen molar-refractivity contribution in [1.82, 2.24) is 0 Å². The van der Waals surface area contributed by atoms with E-state index in [0.29, 0.717) is 19.3 Å². The Kier molecular flexibility index (Phi) is 64.3. The van der Waals surface area contributed by atoms with Crippen molar-refractivity contribution in [2.45, 2.75) is 329 Å². The molecule has 0 aromatic heterocycles. The van der Waals surface area contributed by atoms with Crippen molar-refractivity contribution in [2.75, 3.05) is 13.2 Å². The number of allylic oxidation sites excluding steroid dienone is 18. The highest BCUT2D eigenvalue weighted by Gasteiger charge is 2.19. The Morgan fingerprint density at radius 1 is 0.263 bits per heavy atom. The third kappa shape index (κ3) is 64.9. The minimum Gasteiger partial charge on any atom is -0.462 e. The van der Waals surface area contributed by atoms with Gasteiger partial charge in [0.05, 0.1) is 0 Å². The molecule has 0 aliphatic rings. The molecule has 0 fully saturated rings. The standard InChI is InChI=1S/C74H126O6/c1-4-7-10-13-16-18-20-22-24-26-28-30-31-32-33-34-35-36-37-38-39-40-41-42-43-45-46-48-50-52-54-56-58-61-64-67-73(76)79-70-71(69-78-72(75)66-63-60-15-12-9-6-3)80-74(77)68-65-62-59-57-55-53-51-49-47-44-29-27-25-23-21-19-17-14-11-8-5-2/h7,10,16,18,21-24,27-30,32-33,35-36,47,49,71H,4-6,8-9,11-15,17,19-20,25-26,31,34,37-46,48,50-70H2,1-3H3/b10-7-,18-16-,23-21-,24-22-,29-27-,30-28-,33-32-,36-35-,49-47-. The maximum Gasteiger partial charge on any atom is 0.306 e. The third-order valence-electron chi connectivity index (χ3n) is 14.5. The molecule has 458 valence electrons. The molecule has 0 aromatic rings. The smallest absolute Gasteiger partial charge is 0.306 e. The van der Waals surface area contributed by atoms with Crippen LogP contribution in [0.25, 0.3) is 0 Å². The van der Waals surface area contributed by atoms with Crippen molar-refractivity contribution in [3.63, 3.8) is 0 Å². The maximum absolute atomic E-state index is 12.8. The van der Waals surface area contributed by atoms with Gasteiger partial charge in [0.1, 0.15) is 13.2 Å². The molecular weight excluding hydrogens is 985 g/mol. The Morgan fingerprint density at radius 2 is 0.487 bits per heavy atom. The molecule has 0 aromatic carbocycles. The predicted molar refractivity (Wildman–Crippen MR) is 348 cm³/mol. The highest BCUT2D eigenvalue weighted by molar-refractivity contribution is 5.71. The van der Waals surface area contributed by atoms with Gasteiger partial charge in [0, 0.05) is 19.3 Å². The zero-order chi connectivity index (χ0) is 57.8. The van der Waals surface area contributed by atoms with Gasteiger partial charge in [-0.1, -0.05) is 304 Å². The number of unbranched alkanes of at least 4 members (excludes halogenated alkanes) is 32. The number of hydrogen-bond donors (Lipinski definition) is 0. The van der Waals surface area contributed by atoms with Gasteiger partial charge in [-0.3, -0.25) is 14.4 Å². The topological polar surface area (TPSA) is 78.9 Å². The molecule has 0 bridgehead atoms. The fourth-order valence-electron chi connectivity index (χ4n) is 9.45. The largest absolute Gasteiger partial charge is 0.462 e. The number of ether oxygens (including phenoxy) is 3. The van der Waals surface area contributed by atoms with Crippen LogP contribution in [0.15, 0.2) is 109 Å². The summed E-state index contributed by atoms with van der Waals surface area (Å²) in [5.74, 6) is -0.894. The summed E-state index contributed by atoms with van der Waals surface area (Å²) in [6.07, 6.45) is 92.9. The molecule has 6 nitrogen and oxygen atoms in total. The summed E-state index contributed by atoms with van der Waals surface area (Å²) in [7, 11) is 0. The Labute approximate surface area is 495 Å². The molecule has 6 heteroatoms. The fraction of sp³-hybridized carbons (Fsp3) is 0.716. The first-order valence-corrected chi connectivity index (χ1v) is 33.9. The van der Waals surface area contributed by atoms with E-state index in [1.807, 2.05) is 0 Å². The first-order chi connectivity index (χ1) is 39.5. The van der Waals surface area contributed by atoms with Gasteiger partial charge in [0.15, 0.2) is 6.10 Å². The minimum absolute atomic E-state index is 0.0808. The van der Waals surface area contributed by atoms with Crippen LogP contribution in [0.5, 0.6) is 0 Å². The monoisotopic (exact) mass is 1110 g/mol. The van der Waals surface area contributed by atoms with Crippen LogP contribution < -0.4 is 0 Å². The summed E-state index contributed by atoms with van der Waals surface area (Å²) in [5, 5.41) is 0. The molecule has 0 amide bonds. The first-order valence-electron chi connectivity index (χ1n) is 33.9. The van der Waals surface area contributed by atoms with Crippen molar-refractivity contribution in [2.24, 2.45) is 0 Å². The second kappa shape index (κ2) is 67.6. The second-order valence-electron chi connectivity index (χ2n) is 22.4. The zero-order valence-corrected chi connectivity index (χ0v) is 52.6. The van der Waals surface area contributed by atoms with Gasteiger partial charge in [-0.2, -0.15) is 0 Å². The van der Waals surface area contributed by atoms with Gasteiger partial charge >= 0.3 is 17.9 Å². The van der Waals surface area contributed by atoms with Crippen LogP contribution in [0.4, 0.5) is 0 Å². The quantitative estimate of drug-likeness (QED) is 0.0261. The van der Waals surface area contributed by atoms with Crippen molar-refractivity contribution < 1.29 is 28.6 Å². The molecule has 0 saturated carbocycles. The average Bonchev–Trinajstić information content (AvgIpc) is 3.46. The molecule has 0 radical (unpaired) electrons. The van der Waals surface area contributed by atoms with Crippen molar-refractivity contribution in [3.05, 3.63) is 109 Å². The molecule has 0 heterocycles. The average molecular weight is 1110 g/mol. The minimum atomic E-state index is -0.782.